The van der Waals surface area contributed by atoms with Gasteiger partial charge in [0.1, 0.15) is 0 Å². The van der Waals surface area contributed by atoms with Crippen LogP contribution < -0.4 is 11.1 Å². The van der Waals surface area contributed by atoms with E-state index < -0.39 is 0 Å². The van der Waals surface area contributed by atoms with Crippen LogP contribution in [-0.2, 0) is 6.54 Å². The summed E-state index contributed by atoms with van der Waals surface area (Å²) in [6, 6.07) is 12.5. The van der Waals surface area contributed by atoms with Gasteiger partial charge in [-0.2, -0.15) is 0 Å². The summed E-state index contributed by atoms with van der Waals surface area (Å²) in [6.07, 6.45) is 0. The molecule has 1 unspecified atom stereocenters. The number of benzene rings is 1. The Morgan fingerprint density at radius 3 is 2.62 bits per heavy atom. The summed E-state index contributed by atoms with van der Waals surface area (Å²) in [7, 11) is 4.13. The molecule has 112 valence electrons. The summed E-state index contributed by atoms with van der Waals surface area (Å²) in [5, 5.41) is 5.36. The van der Waals surface area contributed by atoms with Crippen molar-refractivity contribution < 1.29 is 4.79 Å². The van der Waals surface area contributed by atoms with Gasteiger partial charge in [0.25, 0.3) is 0 Å². The van der Waals surface area contributed by atoms with Crippen molar-refractivity contribution >= 4 is 17.2 Å². The zero-order valence-electron chi connectivity index (χ0n) is 12.4. The third-order valence-corrected chi connectivity index (χ3v) is 4.15. The zero-order chi connectivity index (χ0) is 15.2. The van der Waals surface area contributed by atoms with E-state index in [1.807, 2.05) is 17.5 Å². The quantitative estimate of drug-likeness (QED) is 0.825. The highest BCUT2D eigenvalue weighted by atomic mass is 32.1. The molecule has 5 heteroatoms. The molecule has 0 aliphatic heterocycles. The normalized spacial score (nSPS) is 12.5. The Balaban J connectivity index is 2.03. The zero-order valence-corrected chi connectivity index (χ0v) is 13.2. The first-order valence-electron chi connectivity index (χ1n) is 6.86. The summed E-state index contributed by atoms with van der Waals surface area (Å²) in [6.45, 7) is 1.64. The molecule has 1 atom stereocenters. The Kier molecular flexibility index (Phi) is 5.50. The number of hydrogen-bond donors (Lipinski definition) is 2. The van der Waals surface area contributed by atoms with E-state index >= 15 is 0 Å². The van der Waals surface area contributed by atoms with E-state index in [-0.39, 0.29) is 11.9 Å². The fourth-order valence-electron chi connectivity index (χ4n) is 2.16. The molecule has 0 radical (unpaired) electrons. The Morgan fingerprint density at radius 1 is 1.33 bits per heavy atom. The molecule has 2 aromatic rings. The average Bonchev–Trinajstić information content (AvgIpc) is 2.93. The number of thiophene rings is 1. The van der Waals surface area contributed by atoms with Gasteiger partial charge in [0, 0.05) is 29.4 Å². The van der Waals surface area contributed by atoms with Crippen LogP contribution in [0.2, 0.25) is 0 Å². The number of carbonyl (C=O) groups excluding carboxylic acids is 1. The molecule has 0 aliphatic rings. The molecule has 4 nitrogen and oxygen atoms in total. The van der Waals surface area contributed by atoms with Crippen molar-refractivity contribution in [3.63, 3.8) is 0 Å². The summed E-state index contributed by atoms with van der Waals surface area (Å²) in [4.78, 5) is 14.4. The van der Waals surface area contributed by atoms with E-state index in [9.17, 15) is 4.79 Å². The second kappa shape index (κ2) is 7.36. The highest BCUT2D eigenvalue weighted by molar-refractivity contribution is 7.10. The molecule has 2 rings (SSSR count). The van der Waals surface area contributed by atoms with Gasteiger partial charge in [0.2, 0.25) is 5.91 Å². The smallest absolute Gasteiger partial charge is 0.249 e. The first-order valence-corrected chi connectivity index (χ1v) is 7.74. The summed E-state index contributed by atoms with van der Waals surface area (Å²) < 4.78 is 0. The number of primary amides is 1. The molecule has 0 bridgehead atoms. The van der Waals surface area contributed by atoms with Crippen molar-refractivity contribution in [3.05, 3.63) is 57.8 Å². The summed E-state index contributed by atoms with van der Waals surface area (Å²) in [5.41, 5.74) is 7.13. The fraction of sp³-hybridized carbons (Fsp3) is 0.312. The van der Waals surface area contributed by atoms with Crippen LogP contribution in [0.4, 0.5) is 0 Å². The number of nitrogens with two attached hydrogens (primary N) is 1. The molecule has 1 heterocycles. The molecule has 0 fully saturated rings. The molecule has 0 saturated heterocycles. The molecule has 0 saturated carbocycles. The van der Waals surface area contributed by atoms with Crippen molar-refractivity contribution in [2.45, 2.75) is 12.6 Å². The Bertz CT molecular complexity index is 580. The van der Waals surface area contributed by atoms with E-state index in [1.54, 1.807) is 11.3 Å². The monoisotopic (exact) mass is 303 g/mol. The van der Waals surface area contributed by atoms with Gasteiger partial charge in [-0.15, -0.1) is 11.3 Å². The maximum Gasteiger partial charge on any atom is 0.249 e. The number of likely N-dealkylation sites (N-methyl/N-ethyl adjacent to an activating group) is 1. The van der Waals surface area contributed by atoms with E-state index in [0.29, 0.717) is 5.56 Å². The highest BCUT2D eigenvalue weighted by Crippen LogP contribution is 2.18. The van der Waals surface area contributed by atoms with E-state index in [4.69, 9.17) is 5.73 Å². The Morgan fingerprint density at radius 2 is 2.05 bits per heavy atom. The van der Waals surface area contributed by atoms with Gasteiger partial charge in [0.05, 0.1) is 5.56 Å². The largest absolute Gasteiger partial charge is 0.366 e. The third kappa shape index (κ3) is 4.67. The van der Waals surface area contributed by atoms with Crippen LogP contribution >= 0.6 is 11.3 Å². The fourth-order valence-corrected chi connectivity index (χ4v) is 2.99. The molecule has 1 aromatic heterocycles. The van der Waals surface area contributed by atoms with Crippen LogP contribution in [0.15, 0.2) is 41.8 Å². The lowest BCUT2D eigenvalue weighted by Crippen LogP contribution is -2.30. The van der Waals surface area contributed by atoms with Gasteiger partial charge in [-0.1, -0.05) is 30.3 Å². The number of nitrogens with one attached hydrogen (secondary N) is 1. The Labute approximate surface area is 129 Å². The Hall–Kier alpha value is -1.69. The van der Waals surface area contributed by atoms with Gasteiger partial charge in [-0.05, 0) is 25.7 Å². The molecule has 0 spiro atoms. The number of rotatable bonds is 7. The van der Waals surface area contributed by atoms with Crippen LogP contribution in [0.25, 0.3) is 0 Å². The number of amides is 1. The summed E-state index contributed by atoms with van der Waals surface area (Å²) in [5.74, 6) is -0.370. The van der Waals surface area contributed by atoms with Crippen LogP contribution in [0.1, 0.15) is 26.8 Å². The second-order valence-corrected chi connectivity index (χ2v) is 6.27. The topological polar surface area (TPSA) is 58.4 Å². The predicted octanol–water partition coefficient (Wildman–Crippen LogP) is 2.24. The SMILES string of the molecule is CN(C)CC(NCc1cc(C(N)=O)cs1)c1ccccc1. The minimum atomic E-state index is -0.370. The number of carbonyl (C=O) groups is 1. The molecular weight excluding hydrogens is 282 g/mol. The minimum Gasteiger partial charge on any atom is -0.366 e. The van der Waals surface area contributed by atoms with Crippen molar-refractivity contribution in [2.75, 3.05) is 20.6 Å². The van der Waals surface area contributed by atoms with Gasteiger partial charge < -0.3 is 16.0 Å². The molecule has 3 N–H and O–H groups in total. The standard InChI is InChI=1S/C16H21N3OS/c1-19(2)10-15(12-6-4-3-5-7-12)18-9-14-8-13(11-21-14)16(17)20/h3-8,11,15,18H,9-10H2,1-2H3,(H2,17,20). The van der Waals surface area contributed by atoms with Crippen LogP contribution in [0, 0.1) is 0 Å². The lowest BCUT2D eigenvalue weighted by molar-refractivity contribution is 0.100. The predicted molar refractivity (Wildman–Crippen MR) is 87.4 cm³/mol. The van der Waals surface area contributed by atoms with Crippen LogP contribution in [0.5, 0.6) is 0 Å². The van der Waals surface area contributed by atoms with E-state index in [0.717, 1.165) is 18.0 Å². The average molecular weight is 303 g/mol. The second-order valence-electron chi connectivity index (χ2n) is 5.27. The maximum atomic E-state index is 11.1. The van der Waals surface area contributed by atoms with Crippen LogP contribution in [0.3, 0.4) is 0 Å². The van der Waals surface area contributed by atoms with Crippen molar-refractivity contribution in [2.24, 2.45) is 5.73 Å². The molecule has 1 amide bonds. The van der Waals surface area contributed by atoms with Crippen molar-refractivity contribution in [1.29, 1.82) is 0 Å². The lowest BCUT2D eigenvalue weighted by atomic mass is 10.1. The van der Waals surface area contributed by atoms with Crippen LogP contribution in [-0.4, -0.2) is 31.4 Å². The van der Waals surface area contributed by atoms with E-state index in [2.05, 4.69) is 48.6 Å². The van der Waals surface area contributed by atoms with E-state index in [1.165, 1.54) is 5.56 Å². The molecule has 1 aromatic carbocycles. The minimum absolute atomic E-state index is 0.250. The van der Waals surface area contributed by atoms with Crippen molar-refractivity contribution in [1.82, 2.24) is 10.2 Å². The number of hydrogen-bond acceptors (Lipinski definition) is 4. The molecule has 21 heavy (non-hydrogen) atoms. The van der Waals surface area contributed by atoms with Crippen molar-refractivity contribution in [3.8, 4) is 0 Å². The van der Waals surface area contributed by atoms with Gasteiger partial charge in [0.15, 0.2) is 0 Å². The molecule has 0 aliphatic carbocycles. The number of nitrogens with zero attached hydrogens (tertiary/aromatic N) is 1. The highest BCUT2D eigenvalue weighted by Gasteiger charge is 2.13. The van der Waals surface area contributed by atoms with Gasteiger partial charge in [-0.3, -0.25) is 4.79 Å². The first-order chi connectivity index (χ1) is 10.1. The third-order valence-electron chi connectivity index (χ3n) is 3.21. The summed E-state index contributed by atoms with van der Waals surface area (Å²) >= 11 is 1.56. The van der Waals surface area contributed by atoms with Gasteiger partial charge >= 0.3 is 0 Å². The van der Waals surface area contributed by atoms with Gasteiger partial charge in [-0.25, -0.2) is 0 Å². The lowest BCUT2D eigenvalue weighted by Gasteiger charge is -2.22. The first kappa shape index (κ1) is 15.7. The molecular formula is C16H21N3OS. The maximum absolute atomic E-state index is 11.1.